The second kappa shape index (κ2) is 6.70. The molecule has 0 aliphatic heterocycles. The SMILES string of the molecule is O=C(/C=C/c1c(F)cccc1Cl)Nc1ccc(F)cc1Cl. The molecular formula is C15H9Cl2F2NO. The first kappa shape index (κ1) is 15.5. The molecule has 2 rings (SSSR count). The minimum Gasteiger partial charge on any atom is -0.321 e. The average Bonchev–Trinajstić information content (AvgIpc) is 2.41. The van der Waals surface area contributed by atoms with Gasteiger partial charge in [-0.3, -0.25) is 4.79 Å². The summed E-state index contributed by atoms with van der Waals surface area (Å²) < 4.78 is 26.4. The Morgan fingerprint density at radius 3 is 2.52 bits per heavy atom. The Kier molecular flexibility index (Phi) is 4.94. The maximum absolute atomic E-state index is 13.5. The molecule has 0 aliphatic carbocycles. The van der Waals surface area contributed by atoms with Crippen LogP contribution in [-0.4, -0.2) is 5.91 Å². The van der Waals surface area contributed by atoms with Crippen LogP contribution in [0.2, 0.25) is 10.0 Å². The quantitative estimate of drug-likeness (QED) is 0.796. The predicted octanol–water partition coefficient (Wildman–Crippen LogP) is 4.92. The third-order valence-electron chi connectivity index (χ3n) is 2.59. The predicted molar refractivity (Wildman–Crippen MR) is 80.5 cm³/mol. The van der Waals surface area contributed by atoms with E-state index in [-0.39, 0.29) is 21.3 Å². The molecule has 0 saturated heterocycles. The Labute approximate surface area is 130 Å². The van der Waals surface area contributed by atoms with Crippen molar-refractivity contribution in [3.63, 3.8) is 0 Å². The van der Waals surface area contributed by atoms with Gasteiger partial charge in [-0.2, -0.15) is 0 Å². The molecule has 2 aromatic carbocycles. The van der Waals surface area contributed by atoms with Crippen LogP contribution in [0.4, 0.5) is 14.5 Å². The summed E-state index contributed by atoms with van der Waals surface area (Å²) in [5, 5.41) is 2.72. The Morgan fingerprint density at radius 1 is 1.10 bits per heavy atom. The highest BCUT2D eigenvalue weighted by Gasteiger charge is 2.06. The molecule has 0 atom stereocenters. The van der Waals surface area contributed by atoms with E-state index in [0.717, 1.165) is 12.1 Å². The number of nitrogens with one attached hydrogen (secondary N) is 1. The lowest BCUT2D eigenvalue weighted by atomic mass is 10.2. The molecule has 108 valence electrons. The molecule has 1 amide bonds. The lowest BCUT2D eigenvalue weighted by Crippen LogP contribution is -2.08. The summed E-state index contributed by atoms with van der Waals surface area (Å²) in [6, 6.07) is 7.79. The number of amides is 1. The van der Waals surface area contributed by atoms with Crippen molar-refractivity contribution in [3.8, 4) is 0 Å². The van der Waals surface area contributed by atoms with Gasteiger partial charge in [0, 0.05) is 11.6 Å². The molecule has 0 heterocycles. The van der Waals surface area contributed by atoms with E-state index in [0.29, 0.717) is 0 Å². The Hall–Kier alpha value is -1.91. The van der Waals surface area contributed by atoms with Crippen molar-refractivity contribution in [1.82, 2.24) is 0 Å². The van der Waals surface area contributed by atoms with Crippen LogP contribution >= 0.6 is 23.2 Å². The summed E-state index contributed by atoms with van der Waals surface area (Å²) in [5.41, 5.74) is 0.367. The van der Waals surface area contributed by atoms with E-state index in [1.165, 1.54) is 36.4 Å². The van der Waals surface area contributed by atoms with Crippen LogP contribution in [0.1, 0.15) is 5.56 Å². The summed E-state index contributed by atoms with van der Waals surface area (Å²) in [7, 11) is 0. The summed E-state index contributed by atoms with van der Waals surface area (Å²) in [6.07, 6.45) is 2.37. The van der Waals surface area contributed by atoms with E-state index in [1.807, 2.05) is 0 Å². The summed E-state index contributed by atoms with van der Waals surface area (Å²) in [6.45, 7) is 0. The van der Waals surface area contributed by atoms with Crippen molar-refractivity contribution < 1.29 is 13.6 Å². The van der Waals surface area contributed by atoms with Gasteiger partial charge in [0.2, 0.25) is 5.91 Å². The maximum Gasteiger partial charge on any atom is 0.248 e. The van der Waals surface area contributed by atoms with Crippen molar-refractivity contribution >= 4 is 40.9 Å². The van der Waals surface area contributed by atoms with E-state index >= 15 is 0 Å². The van der Waals surface area contributed by atoms with E-state index in [4.69, 9.17) is 23.2 Å². The molecule has 2 nitrogen and oxygen atoms in total. The monoisotopic (exact) mass is 327 g/mol. The van der Waals surface area contributed by atoms with Gasteiger partial charge in [0.15, 0.2) is 0 Å². The lowest BCUT2D eigenvalue weighted by Gasteiger charge is -2.05. The maximum atomic E-state index is 13.5. The van der Waals surface area contributed by atoms with Crippen molar-refractivity contribution in [2.45, 2.75) is 0 Å². The van der Waals surface area contributed by atoms with Crippen LogP contribution in [0.5, 0.6) is 0 Å². The van der Waals surface area contributed by atoms with Gasteiger partial charge >= 0.3 is 0 Å². The van der Waals surface area contributed by atoms with E-state index in [2.05, 4.69) is 5.32 Å². The van der Waals surface area contributed by atoms with Gasteiger partial charge in [-0.15, -0.1) is 0 Å². The van der Waals surface area contributed by atoms with E-state index in [9.17, 15) is 13.6 Å². The third-order valence-corrected chi connectivity index (χ3v) is 3.23. The number of hydrogen-bond donors (Lipinski definition) is 1. The molecule has 2 aromatic rings. The zero-order chi connectivity index (χ0) is 15.4. The van der Waals surface area contributed by atoms with Crippen molar-refractivity contribution in [3.05, 3.63) is 69.7 Å². The molecule has 0 unspecified atom stereocenters. The van der Waals surface area contributed by atoms with Gasteiger partial charge in [-0.05, 0) is 36.4 Å². The highest BCUT2D eigenvalue weighted by molar-refractivity contribution is 6.34. The van der Waals surface area contributed by atoms with Crippen LogP contribution in [0.15, 0.2) is 42.5 Å². The van der Waals surface area contributed by atoms with Gasteiger partial charge in [-0.25, -0.2) is 8.78 Å². The third kappa shape index (κ3) is 4.03. The molecule has 1 N–H and O–H groups in total. The Morgan fingerprint density at radius 2 is 1.86 bits per heavy atom. The van der Waals surface area contributed by atoms with Crippen LogP contribution in [0, 0.1) is 11.6 Å². The molecule has 0 fully saturated rings. The fourth-order valence-corrected chi connectivity index (χ4v) is 2.03. The van der Waals surface area contributed by atoms with Crippen LogP contribution in [0.25, 0.3) is 6.08 Å². The largest absolute Gasteiger partial charge is 0.321 e. The molecule has 0 aliphatic rings. The number of carbonyl (C=O) groups is 1. The van der Waals surface area contributed by atoms with E-state index < -0.39 is 17.5 Å². The summed E-state index contributed by atoms with van der Waals surface area (Å²) in [5.74, 6) is -1.58. The van der Waals surface area contributed by atoms with Gasteiger partial charge in [0.25, 0.3) is 0 Å². The standard InChI is InChI=1S/C15H9Cl2F2NO/c16-11-2-1-3-13(19)10(11)5-7-15(21)20-14-6-4-9(18)8-12(14)17/h1-8H,(H,20,21)/b7-5+. The second-order valence-electron chi connectivity index (χ2n) is 4.08. The molecule has 6 heteroatoms. The molecular weight excluding hydrogens is 319 g/mol. The first-order valence-corrected chi connectivity index (χ1v) is 6.61. The van der Waals surface area contributed by atoms with Gasteiger partial charge < -0.3 is 5.32 Å². The molecule has 0 radical (unpaired) electrons. The average molecular weight is 328 g/mol. The van der Waals surface area contributed by atoms with Crippen molar-refractivity contribution in [2.24, 2.45) is 0 Å². The number of carbonyl (C=O) groups excluding carboxylic acids is 1. The topological polar surface area (TPSA) is 29.1 Å². The zero-order valence-corrected chi connectivity index (χ0v) is 12.1. The molecule has 0 aromatic heterocycles. The summed E-state index contributed by atoms with van der Waals surface area (Å²) >= 11 is 11.6. The van der Waals surface area contributed by atoms with Crippen molar-refractivity contribution in [1.29, 1.82) is 0 Å². The van der Waals surface area contributed by atoms with Crippen LogP contribution in [0.3, 0.4) is 0 Å². The number of benzene rings is 2. The van der Waals surface area contributed by atoms with Gasteiger partial charge in [0.05, 0.1) is 15.7 Å². The van der Waals surface area contributed by atoms with Crippen molar-refractivity contribution in [2.75, 3.05) is 5.32 Å². The first-order valence-electron chi connectivity index (χ1n) is 5.85. The molecule has 0 saturated carbocycles. The van der Waals surface area contributed by atoms with Gasteiger partial charge in [-0.1, -0.05) is 29.3 Å². The van der Waals surface area contributed by atoms with E-state index in [1.54, 1.807) is 0 Å². The Bertz CT molecular complexity index is 697. The number of hydrogen-bond acceptors (Lipinski definition) is 1. The zero-order valence-electron chi connectivity index (χ0n) is 10.5. The minimum atomic E-state index is -0.539. The number of anilines is 1. The molecule has 0 bridgehead atoms. The first-order chi connectivity index (χ1) is 9.97. The minimum absolute atomic E-state index is 0.0701. The number of halogens is 4. The van der Waals surface area contributed by atoms with Crippen LogP contribution < -0.4 is 5.32 Å². The van der Waals surface area contributed by atoms with Crippen LogP contribution in [-0.2, 0) is 4.79 Å². The smallest absolute Gasteiger partial charge is 0.248 e. The molecule has 0 spiro atoms. The normalized spacial score (nSPS) is 10.9. The lowest BCUT2D eigenvalue weighted by molar-refractivity contribution is -0.111. The fourth-order valence-electron chi connectivity index (χ4n) is 1.59. The second-order valence-corrected chi connectivity index (χ2v) is 4.90. The molecule has 21 heavy (non-hydrogen) atoms. The number of rotatable bonds is 3. The summed E-state index contributed by atoms with van der Waals surface area (Å²) in [4.78, 5) is 11.7. The van der Waals surface area contributed by atoms with Gasteiger partial charge in [0.1, 0.15) is 11.6 Å². The highest BCUT2D eigenvalue weighted by atomic mass is 35.5. The highest BCUT2D eigenvalue weighted by Crippen LogP contribution is 2.23. The fraction of sp³-hybridized carbons (Fsp3) is 0. The Balaban J connectivity index is 2.13.